The Bertz CT molecular complexity index is 1480. The number of alkyl halides is 2. The molecule has 0 spiro atoms. The Morgan fingerprint density at radius 2 is 1.97 bits per heavy atom. The summed E-state index contributed by atoms with van der Waals surface area (Å²) in [6, 6.07) is 15.1. The molecule has 1 aliphatic rings. The van der Waals surface area contributed by atoms with Crippen LogP contribution < -0.4 is 15.4 Å². The highest BCUT2D eigenvalue weighted by atomic mass is 19.3. The lowest BCUT2D eigenvalue weighted by atomic mass is 9.96. The molecule has 4 aromatic rings. The van der Waals surface area contributed by atoms with Gasteiger partial charge in [0.25, 0.3) is 5.92 Å². The summed E-state index contributed by atoms with van der Waals surface area (Å²) in [7, 11) is 0. The van der Waals surface area contributed by atoms with E-state index in [2.05, 4.69) is 20.6 Å². The molecule has 2 N–H and O–H groups in total. The predicted octanol–water partition coefficient (Wildman–Crippen LogP) is 6.11. The van der Waals surface area contributed by atoms with Crippen molar-refractivity contribution < 1.29 is 18.3 Å². The topological polar surface area (TPSA) is 89.0 Å². The van der Waals surface area contributed by atoms with Gasteiger partial charge in [0.1, 0.15) is 11.5 Å². The molecule has 1 aliphatic heterocycles. The molecule has 0 radical (unpaired) electrons. The Kier molecular flexibility index (Phi) is 7.79. The number of halogens is 2. The normalized spacial score (nSPS) is 15.7. The van der Waals surface area contributed by atoms with Gasteiger partial charge in [0.2, 0.25) is 11.8 Å². The van der Waals surface area contributed by atoms with Crippen LogP contribution >= 0.6 is 0 Å². The van der Waals surface area contributed by atoms with Crippen LogP contribution in [0.2, 0.25) is 0 Å². The highest BCUT2D eigenvalue weighted by molar-refractivity contribution is 5.95. The molecule has 0 saturated carbocycles. The number of fused-ring (bicyclic) bond motifs is 1. The lowest BCUT2D eigenvalue weighted by Gasteiger charge is -2.23. The quantitative estimate of drug-likeness (QED) is 0.269. The number of carbonyl (C=O) groups excluding carboxylic acids is 1. The molecule has 1 fully saturated rings. The Labute approximate surface area is 226 Å². The van der Waals surface area contributed by atoms with Crippen molar-refractivity contribution in [1.29, 1.82) is 0 Å². The third kappa shape index (κ3) is 6.54. The van der Waals surface area contributed by atoms with Gasteiger partial charge in [-0.2, -0.15) is 0 Å². The summed E-state index contributed by atoms with van der Waals surface area (Å²) in [6.45, 7) is 4.58. The number of piperidine rings is 1. The molecule has 0 amide bonds. The molecular weight excluding hydrogens is 500 g/mol. The van der Waals surface area contributed by atoms with E-state index in [9.17, 15) is 13.6 Å². The van der Waals surface area contributed by atoms with Crippen LogP contribution in [-0.4, -0.2) is 45.8 Å². The molecule has 2 aromatic heterocycles. The first-order valence-electron chi connectivity index (χ1n) is 13.1. The molecule has 2 aromatic carbocycles. The first-order valence-corrected chi connectivity index (χ1v) is 13.1. The molecule has 7 nitrogen and oxygen atoms in total. The number of benzene rings is 2. The number of anilines is 1. The van der Waals surface area contributed by atoms with E-state index in [1.807, 2.05) is 49.4 Å². The SMILES string of the molecule is Cc1ccc2c(CC(=O)CC(C)(F)F)cccc2c1Oc1ncccc1-c1ccnc(N[C@H]2CCCNC2)n1. The number of carbonyl (C=O) groups is 1. The van der Waals surface area contributed by atoms with Gasteiger partial charge in [0, 0.05) is 36.8 Å². The van der Waals surface area contributed by atoms with Crippen LogP contribution in [0.15, 0.2) is 60.9 Å². The number of ether oxygens (including phenoxy) is 1. The predicted molar refractivity (Wildman–Crippen MR) is 147 cm³/mol. The number of pyridine rings is 1. The molecule has 39 heavy (non-hydrogen) atoms. The van der Waals surface area contributed by atoms with Crippen LogP contribution in [0.1, 0.15) is 37.3 Å². The first-order chi connectivity index (χ1) is 18.8. The molecule has 0 aliphatic carbocycles. The second kappa shape index (κ2) is 11.4. The molecular formula is C30H31F2N5O2. The van der Waals surface area contributed by atoms with Crippen molar-refractivity contribution in [1.82, 2.24) is 20.3 Å². The van der Waals surface area contributed by atoms with E-state index in [0.717, 1.165) is 49.2 Å². The van der Waals surface area contributed by atoms with E-state index >= 15 is 0 Å². The molecule has 9 heteroatoms. The van der Waals surface area contributed by atoms with Crippen molar-refractivity contribution in [2.45, 2.75) is 51.5 Å². The maximum absolute atomic E-state index is 13.4. The van der Waals surface area contributed by atoms with Gasteiger partial charge in [0.15, 0.2) is 0 Å². The van der Waals surface area contributed by atoms with Crippen molar-refractivity contribution in [3.63, 3.8) is 0 Å². The Morgan fingerprint density at radius 3 is 2.77 bits per heavy atom. The minimum atomic E-state index is -3.04. The second-order valence-corrected chi connectivity index (χ2v) is 10.1. The minimum absolute atomic E-state index is 0.0780. The summed E-state index contributed by atoms with van der Waals surface area (Å²) in [4.78, 5) is 26.0. The third-order valence-electron chi connectivity index (χ3n) is 6.73. The van der Waals surface area contributed by atoms with Gasteiger partial charge in [-0.05, 0) is 67.9 Å². The first kappa shape index (κ1) is 26.6. The Balaban J connectivity index is 1.45. The van der Waals surface area contributed by atoms with Gasteiger partial charge in [-0.15, -0.1) is 0 Å². The van der Waals surface area contributed by atoms with Gasteiger partial charge >= 0.3 is 0 Å². The fourth-order valence-electron chi connectivity index (χ4n) is 4.91. The Morgan fingerprint density at radius 1 is 1.10 bits per heavy atom. The van der Waals surface area contributed by atoms with Crippen molar-refractivity contribution in [3.05, 3.63) is 72.1 Å². The van der Waals surface area contributed by atoms with Gasteiger partial charge in [-0.1, -0.05) is 30.3 Å². The fourth-order valence-corrected chi connectivity index (χ4v) is 4.91. The van der Waals surface area contributed by atoms with Crippen LogP contribution in [0.25, 0.3) is 22.0 Å². The number of aromatic nitrogens is 3. The van der Waals surface area contributed by atoms with Gasteiger partial charge in [-0.3, -0.25) is 4.79 Å². The van der Waals surface area contributed by atoms with Crippen LogP contribution in [-0.2, 0) is 11.2 Å². The third-order valence-corrected chi connectivity index (χ3v) is 6.73. The lowest BCUT2D eigenvalue weighted by Crippen LogP contribution is -2.38. The summed E-state index contributed by atoms with van der Waals surface area (Å²) >= 11 is 0. The van der Waals surface area contributed by atoms with Crippen LogP contribution in [0.5, 0.6) is 11.6 Å². The zero-order valence-corrected chi connectivity index (χ0v) is 22.0. The molecule has 5 rings (SSSR count). The fraction of sp³-hybridized carbons (Fsp3) is 0.333. The van der Waals surface area contributed by atoms with E-state index in [0.29, 0.717) is 34.4 Å². The standard InChI is InChI=1S/C30H31F2N5O2/c1-19-10-11-23-20(16-22(38)17-30(2,31)32)6-3-8-24(23)27(19)39-28-25(9-5-14-34-28)26-12-15-35-29(37-26)36-21-7-4-13-33-18-21/h3,5-6,8-12,14-15,21,33H,4,7,13,16-18H2,1-2H3,(H,35,36,37)/t21-/m0/s1. The molecule has 1 saturated heterocycles. The monoisotopic (exact) mass is 531 g/mol. The highest BCUT2D eigenvalue weighted by Gasteiger charge is 2.26. The van der Waals surface area contributed by atoms with Crippen molar-refractivity contribution in [3.8, 4) is 22.9 Å². The molecule has 3 heterocycles. The van der Waals surface area contributed by atoms with E-state index < -0.39 is 18.1 Å². The van der Waals surface area contributed by atoms with Crippen molar-refractivity contribution >= 4 is 22.5 Å². The molecule has 1 atom stereocenters. The molecule has 0 unspecified atom stereocenters. The maximum Gasteiger partial charge on any atom is 0.252 e. The molecule has 202 valence electrons. The average molecular weight is 532 g/mol. The summed E-state index contributed by atoms with van der Waals surface area (Å²) in [5.74, 6) is -2.04. The van der Waals surface area contributed by atoms with Crippen LogP contribution in [0.4, 0.5) is 14.7 Å². The minimum Gasteiger partial charge on any atom is -0.437 e. The summed E-state index contributed by atoms with van der Waals surface area (Å²) in [5.41, 5.74) is 2.93. The second-order valence-electron chi connectivity index (χ2n) is 10.1. The summed E-state index contributed by atoms with van der Waals surface area (Å²) < 4.78 is 33.2. The highest BCUT2D eigenvalue weighted by Crippen LogP contribution is 2.37. The number of hydrogen-bond acceptors (Lipinski definition) is 7. The van der Waals surface area contributed by atoms with Crippen molar-refractivity contribution in [2.24, 2.45) is 0 Å². The van der Waals surface area contributed by atoms with E-state index in [1.54, 1.807) is 18.5 Å². The van der Waals surface area contributed by atoms with Crippen LogP contribution in [0.3, 0.4) is 0 Å². The number of rotatable bonds is 9. The van der Waals surface area contributed by atoms with Gasteiger partial charge in [0.05, 0.1) is 17.7 Å². The van der Waals surface area contributed by atoms with Gasteiger partial charge < -0.3 is 15.4 Å². The Hall–Kier alpha value is -3.98. The van der Waals surface area contributed by atoms with E-state index in [-0.39, 0.29) is 12.5 Å². The van der Waals surface area contributed by atoms with Crippen LogP contribution in [0, 0.1) is 6.92 Å². The number of ketones is 1. The number of Topliss-reactive ketones (excluding diaryl/α,β-unsaturated/α-hetero) is 1. The van der Waals surface area contributed by atoms with E-state index in [1.165, 1.54) is 0 Å². The summed E-state index contributed by atoms with van der Waals surface area (Å²) in [5, 5.41) is 8.34. The largest absolute Gasteiger partial charge is 0.437 e. The number of nitrogens with zero attached hydrogens (tertiary/aromatic N) is 3. The number of hydrogen-bond donors (Lipinski definition) is 2. The average Bonchev–Trinajstić information content (AvgIpc) is 2.90. The van der Waals surface area contributed by atoms with E-state index in [4.69, 9.17) is 9.72 Å². The summed E-state index contributed by atoms with van der Waals surface area (Å²) in [6.07, 6.45) is 4.65. The van der Waals surface area contributed by atoms with Gasteiger partial charge in [-0.25, -0.2) is 23.7 Å². The zero-order valence-electron chi connectivity index (χ0n) is 22.0. The lowest BCUT2D eigenvalue weighted by molar-refractivity contribution is -0.124. The van der Waals surface area contributed by atoms with Crippen molar-refractivity contribution in [2.75, 3.05) is 18.4 Å². The molecule has 0 bridgehead atoms. The number of aryl methyl sites for hydroxylation is 1. The maximum atomic E-state index is 13.4. The zero-order chi connectivity index (χ0) is 27.4. The number of nitrogens with one attached hydrogen (secondary N) is 2. The smallest absolute Gasteiger partial charge is 0.252 e.